The van der Waals surface area contributed by atoms with Crippen LogP contribution >= 0.6 is 31.9 Å². The van der Waals surface area contributed by atoms with Crippen LogP contribution in [0.15, 0.2) is 33.7 Å². The number of carbonyl (C=O) groups is 1. The molecule has 1 aromatic carbocycles. The van der Waals surface area contributed by atoms with Crippen LogP contribution in [0.3, 0.4) is 0 Å². The summed E-state index contributed by atoms with van der Waals surface area (Å²) in [5.41, 5.74) is 0.888. The molecule has 0 radical (unpaired) electrons. The number of carboxylic acids is 1. The van der Waals surface area contributed by atoms with Crippen LogP contribution < -0.4 is 0 Å². The highest BCUT2D eigenvalue weighted by atomic mass is 79.9. The monoisotopic (exact) mass is 304 g/mol. The molecule has 0 fully saturated rings. The highest BCUT2D eigenvalue weighted by Gasteiger charge is 2.12. The summed E-state index contributed by atoms with van der Waals surface area (Å²) in [6.07, 6.45) is 0. The molecule has 0 amide bonds. The molecule has 0 saturated carbocycles. The third-order valence-corrected chi connectivity index (χ3v) is 2.26. The summed E-state index contributed by atoms with van der Waals surface area (Å²) in [6, 6.07) is 8.91. The molecule has 0 saturated heterocycles. The fraction of sp³-hybridized carbons (Fsp3) is 0. The Labute approximate surface area is 92.5 Å². The van der Waals surface area contributed by atoms with Crippen LogP contribution in [-0.2, 0) is 4.79 Å². The number of aliphatic carboxylic acids is 1. The quantitative estimate of drug-likeness (QED) is 0.852. The van der Waals surface area contributed by atoms with Crippen molar-refractivity contribution in [2.75, 3.05) is 0 Å². The van der Waals surface area contributed by atoms with Crippen molar-refractivity contribution in [1.82, 2.24) is 0 Å². The molecule has 0 unspecified atom stereocenters. The third kappa shape index (κ3) is 2.67. The molecule has 0 aliphatic rings. The minimum absolute atomic E-state index is 0.223. The maximum absolute atomic E-state index is 10.8. The van der Waals surface area contributed by atoms with Crippen molar-refractivity contribution >= 4 is 43.4 Å². The van der Waals surface area contributed by atoms with Crippen LogP contribution in [-0.4, -0.2) is 11.1 Å². The second kappa shape index (κ2) is 4.58. The molecule has 0 spiro atoms. The molecule has 68 valence electrons. The molecule has 0 atom stereocenters. The van der Waals surface area contributed by atoms with Crippen molar-refractivity contribution in [1.29, 1.82) is 0 Å². The summed E-state index contributed by atoms with van der Waals surface area (Å²) in [5.74, 6) is -0.963. The second-order valence-electron chi connectivity index (χ2n) is 2.31. The van der Waals surface area contributed by atoms with Crippen LogP contribution in [0, 0.1) is 0 Å². The van der Waals surface area contributed by atoms with Gasteiger partial charge >= 0.3 is 5.97 Å². The van der Waals surface area contributed by atoms with E-state index in [0.29, 0.717) is 8.96 Å². The summed E-state index contributed by atoms with van der Waals surface area (Å²) >= 11 is 6.19. The van der Waals surface area contributed by atoms with Gasteiger partial charge in [0.15, 0.2) is 0 Å². The van der Waals surface area contributed by atoms with Gasteiger partial charge in [0.1, 0.15) is 0 Å². The Balaban J connectivity index is 3.20. The van der Waals surface area contributed by atoms with E-state index in [0.717, 1.165) is 0 Å². The SMILES string of the molecule is O=C(O)C(=C(Br)Br)c1ccccc1. The third-order valence-electron chi connectivity index (χ3n) is 1.47. The number of hydrogen-bond donors (Lipinski definition) is 1. The van der Waals surface area contributed by atoms with Crippen LogP contribution in [0.25, 0.3) is 5.57 Å². The summed E-state index contributed by atoms with van der Waals surface area (Å²) in [4.78, 5) is 10.8. The van der Waals surface area contributed by atoms with Crippen LogP contribution in [0.2, 0.25) is 0 Å². The molecular formula is C9H6Br2O2. The van der Waals surface area contributed by atoms with Gasteiger partial charge in [0.05, 0.1) is 8.96 Å². The van der Waals surface area contributed by atoms with E-state index in [1.165, 1.54) is 0 Å². The standard InChI is InChI=1S/C9H6Br2O2/c10-8(11)7(9(12)13)6-4-2-1-3-5-6/h1-5H,(H,12,13). The Kier molecular flexibility index (Phi) is 3.69. The average Bonchev–Trinajstić information content (AvgIpc) is 2.04. The first-order valence-corrected chi connectivity index (χ1v) is 5.05. The lowest BCUT2D eigenvalue weighted by Gasteiger charge is -2.01. The van der Waals surface area contributed by atoms with Gasteiger partial charge in [0.2, 0.25) is 0 Å². The fourth-order valence-corrected chi connectivity index (χ4v) is 1.72. The number of benzene rings is 1. The zero-order chi connectivity index (χ0) is 9.84. The first-order chi connectivity index (χ1) is 6.13. The van der Waals surface area contributed by atoms with Crippen LogP contribution in [0.5, 0.6) is 0 Å². The number of rotatable bonds is 2. The largest absolute Gasteiger partial charge is 0.478 e. The van der Waals surface area contributed by atoms with Gasteiger partial charge in [-0.3, -0.25) is 0 Å². The van der Waals surface area contributed by atoms with Crippen LogP contribution in [0.1, 0.15) is 5.56 Å². The van der Waals surface area contributed by atoms with Crippen molar-refractivity contribution in [2.45, 2.75) is 0 Å². The molecule has 0 aliphatic carbocycles. The van der Waals surface area contributed by atoms with Crippen molar-refractivity contribution in [3.63, 3.8) is 0 Å². The van der Waals surface area contributed by atoms with E-state index >= 15 is 0 Å². The molecule has 0 heterocycles. The highest BCUT2D eigenvalue weighted by Crippen LogP contribution is 2.27. The molecular weight excluding hydrogens is 300 g/mol. The topological polar surface area (TPSA) is 37.3 Å². The van der Waals surface area contributed by atoms with Crippen molar-refractivity contribution in [3.05, 3.63) is 39.3 Å². The first-order valence-electron chi connectivity index (χ1n) is 3.47. The van der Waals surface area contributed by atoms with Gasteiger partial charge in [-0.1, -0.05) is 30.3 Å². The molecule has 13 heavy (non-hydrogen) atoms. The Morgan fingerprint density at radius 3 is 2.08 bits per heavy atom. The van der Waals surface area contributed by atoms with Gasteiger partial charge in [-0.2, -0.15) is 0 Å². The van der Waals surface area contributed by atoms with E-state index in [1.54, 1.807) is 24.3 Å². The molecule has 1 N–H and O–H groups in total. The van der Waals surface area contributed by atoms with E-state index in [-0.39, 0.29) is 5.57 Å². The number of hydrogen-bond acceptors (Lipinski definition) is 1. The van der Waals surface area contributed by atoms with E-state index in [9.17, 15) is 4.79 Å². The van der Waals surface area contributed by atoms with Crippen molar-refractivity contribution in [3.8, 4) is 0 Å². The van der Waals surface area contributed by atoms with Gasteiger partial charge < -0.3 is 5.11 Å². The van der Waals surface area contributed by atoms with Crippen molar-refractivity contribution < 1.29 is 9.90 Å². The summed E-state index contributed by atoms with van der Waals surface area (Å²) in [6.45, 7) is 0. The minimum Gasteiger partial charge on any atom is -0.478 e. The van der Waals surface area contributed by atoms with E-state index in [2.05, 4.69) is 31.9 Å². The normalized spacial score (nSPS) is 9.38. The summed E-state index contributed by atoms with van der Waals surface area (Å²) in [5, 5.41) is 8.88. The molecule has 0 aliphatic heterocycles. The molecule has 4 heteroatoms. The molecule has 0 aromatic heterocycles. The second-order valence-corrected chi connectivity index (χ2v) is 4.96. The molecule has 2 nitrogen and oxygen atoms in total. The van der Waals surface area contributed by atoms with E-state index in [1.807, 2.05) is 6.07 Å². The Bertz CT molecular complexity index is 340. The van der Waals surface area contributed by atoms with Gasteiger partial charge in [0.25, 0.3) is 0 Å². The number of carboxylic acid groups (broad SMARTS) is 1. The lowest BCUT2D eigenvalue weighted by Crippen LogP contribution is -1.99. The summed E-state index contributed by atoms with van der Waals surface area (Å²) in [7, 11) is 0. The van der Waals surface area contributed by atoms with Gasteiger partial charge in [-0.15, -0.1) is 0 Å². The average molecular weight is 306 g/mol. The van der Waals surface area contributed by atoms with Crippen LogP contribution in [0.4, 0.5) is 0 Å². The predicted molar refractivity (Wildman–Crippen MR) is 58.9 cm³/mol. The minimum atomic E-state index is -0.963. The zero-order valence-electron chi connectivity index (χ0n) is 6.50. The Morgan fingerprint density at radius 1 is 1.15 bits per heavy atom. The molecule has 1 rings (SSSR count). The van der Waals surface area contributed by atoms with Gasteiger partial charge in [-0.05, 0) is 37.4 Å². The fourth-order valence-electron chi connectivity index (χ4n) is 0.918. The van der Waals surface area contributed by atoms with E-state index < -0.39 is 5.97 Å². The Hall–Kier alpha value is -0.610. The first kappa shape index (κ1) is 10.5. The summed E-state index contributed by atoms with van der Waals surface area (Å²) < 4.78 is 0.443. The molecule has 1 aromatic rings. The van der Waals surface area contributed by atoms with Gasteiger partial charge in [0, 0.05) is 0 Å². The predicted octanol–water partition coefficient (Wildman–Crippen LogP) is 3.23. The number of halogens is 2. The van der Waals surface area contributed by atoms with Crippen molar-refractivity contribution in [2.24, 2.45) is 0 Å². The van der Waals surface area contributed by atoms with Gasteiger partial charge in [-0.25, -0.2) is 4.79 Å². The lowest BCUT2D eigenvalue weighted by atomic mass is 10.1. The maximum atomic E-state index is 10.8. The molecule has 0 bridgehead atoms. The smallest absolute Gasteiger partial charge is 0.338 e. The Morgan fingerprint density at radius 2 is 1.69 bits per heavy atom. The highest BCUT2D eigenvalue weighted by molar-refractivity contribution is 9.28. The lowest BCUT2D eigenvalue weighted by molar-refractivity contribution is -0.130. The maximum Gasteiger partial charge on any atom is 0.338 e. The van der Waals surface area contributed by atoms with E-state index in [4.69, 9.17) is 5.11 Å². The zero-order valence-corrected chi connectivity index (χ0v) is 9.67.